The summed E-state index contributed by atoms with van der Waals surface area (Å²) in [5.41, 5.74) is 17.0. The van der Waals surface area contributed by atoms with Crippen molar-refractivity contribution in [3.8, 4) is 67.5 Å². The average molecular weight is 792 g/mol. The maximum atomic E-state index is 7.37. The molecule has 10 aromatic rings. The molecule has 0 atom stereocenters. The number of ether oxygens (including phenoxy) is 2. The van der Waals surface area contributed by atoms with Crippen molar-refractivity contribution in [1.29, 1.82) is 0 Å². The van der Waals surface area contributed by atoms with Gasteiger partial charge >= 0.3 is 0 Å². The minimum atomic E-state index is -0.488. The third kappa shape index (κ3) is 5.00. The summed E-state index contributed by atoms with van der Waals surface area (Å²) >= 11 is 0. The summed E-state index contributed by atoms with van der Waals surface area (Å²) in [5, 5.41) is 2.35. The first kappa shape index (κ1) is 34.7. The molecule has 1 aliphatic heterocycles. The molecule has 10 aromatic carbocycles. The molecule has 0 aromatic heterocycles. The van der Waals surface area contributed by atoms with E-state index in [4.69, 9.17) is 9.47 Å². The van der Waals surface area contributed by atoms with Gasteiger partial charge in [0.1, 0.15) is 0 Å². The Kier molecular flexibility index (Phi) is 7.52. The van der Waals surface area contributed by atoms with Gasteiger partial charge in [0.15, 0.2) is 23.0 Å². The van der Waals surface area contributed by atoms with Crippen LogP contribution in [0.2, 0.25) is 0 Å². The zero-order valence-electron chi connectivity index (χ0n) is 33.6. The number of fused-ring (bicyclic) bond motifs is 14. The van der Waals surface area contributed by atoms with Crippen LogP contribution in [0.5, 0.6) is 23.0 Å². The Morgan fingerprint density at radius 3 is 1.55 bits per heavy atom. The highest BCUT2D eigenvalue weighted by Crippen LogP contribution is 2.67. The van der Waals surface area contributed by atoms with E-state index in [1.54, 1.807) is 0 Å². The van der Waals surface area contributed by atoms with Crippen molar-refractivity contribution >= 4 is 27.8 Å². The van der Waals surface area contributed by atoms with Gasteiger partial charge in [-0.3, -0.25) is 0 Å². The predicted molar refractivity (Wildman–Crippen MR) is 252 cm³/mol. The lowest BCUT2D eigenvalue weighted by molar-refractivity contribution is 0.361. The standard InChI is InChI=1S/C59H37NO2/c1-2-13-38(14-3-1)40-25-27-41(28-26-40)42-29-32-44(33-30-42)60(45-34-31-39-15-4-5-16-43(39)37-45)53-23-12-24-54-57(53)62-58-55(61-54)36-35-52-56(58)48-19-8-11-22-51(48)59(52)49-20-9-6-17-46(49)47-18-7-10-21-50(47)59/h1-37H. The fraction of sp³-hybridized carbons (Fsp3) is 0.0169. The summed E-state index contributed by atoms with van der Waals surface area (Å²) in [6.45, 7) is 0. The largest absolute Gasteiger partial charge is 0.449 e. The molecule has 0 bridgehead atoms. The highest BCUT2D eigenvalue weighted by Gasteiger charge is 2.53. The van der Waals surface area contributed by atoms with E-state index in [-0.39, 0.29) is 0 Å². The molecule has 0 unspecified atom stereocenters. The van der Waals surface area contributed by atoms with Gasteiger partial charge in [0.2, 0.25) is 0 Å². The van der Waals surface area contributed by atoms with Gasteiger partial charge in [-0.15, -0.1) is 0 Å². The molecule has 0 saturated heterocycles. The Morgan fingerprint density at radius 1 is 0.323 bits per heavy atom. The van der Waals surface area contributed by atoms with Gasteiger partial charge in [0, 0.05) is 16.9 Å². The molecule has 1 spiro atoms. The van der Waals surface area contributed by atoms with E-state index in [1.165, 1.54) is 55.5 Å². The predicted octanol–water partition coefficient (Wildman–Crippen LogP) is 15.9. The van der Waals surface area contributed by atoms with Crippen LogP contribution < -0.4 is 14.4 Å². The topological polar surface area (TPSA) is 21.7 Å². The lowest BCUT2D eigenvalue weighted by Gasteiger charge is -2.32. The van der Waals surface area contributed by atoms with Crippen LogP contribution >= 0.6 is 0 Å². The molecule has 0 N–H and O–H groups in total. The molecule has 1 heterocycles. The molecule has 0 radical (unpaired) electrons. The molecular weight excluding hydrogens is 755 g/mol. The van der Waals surface area contributed by atoms with Gasteiger partial charge in [0.05, 0.1) is 11.1 Å². The smallest absolute Gasteiger partial charge is 0.194 e. The number of hydrogen-bond acceptors (Lipinski definition) is 3. The highest BCUT2D eigenvalue weighted by molar-refractivity contribution is 5.98. The summed E-state index contributed by atoms with van der Waals surface area (Å²) in [6, 6.07) is 80.5. The molecule has 2 aliphatic carbocycles. The SMILES string of the molecule is c1ccc(-c2ccc(-c3ccc(N(c4ccc5ccccc5c4)c4cccc5c4Oc4c(ccc6c4-c4ccccc4C64c6ccccc6-c6ccccc64)O5)cc3)cc2)cc1. The second-order valence-electron chi connectivity index (χ2n) is 16.4. The first-order valence-electron chi connectivity index (χ1n) is 21.2. The zero-order valence-corrected chi connectivity index (χ0v) is 33.6. The van der Waals surface area contributed by atoms with Gasteiger partial charge < -0.3 is 14.4 Å². The maximum Gasteiger partial charge on any atom is 0.194 e. The van der Waals surface area contributed by atoms with Gasteiger partial charge in [-0.05, 0) is 114 Å². The summed E-state index contributed by atoms with van der Waals surface area (Å²) in [7, 11) is 0. The van der Waals surface area contributed by atoms with Crippen LogP contribution in [0, 0.1) is 0 Å². The summed E-state index contributed by atoms with van der Waals surface area (Å²) in [5.74, 6) is 2.79. The van der Waals surface area contributed by atoms with Crippen molar-refractivity contribution in [2.24, 2.45) is 0 Å². The molecular formula is C59H37NO2. The molecule has 62 heavy (non-hydrogen) atoms. The van der Waals surface area contributed by atoms with Crippen LogP contribution in [0.3, 0.4) is 0 Å². The number of anilines is 3. The Balaban J connectivity index is 0.959. The fourth-order valence-electron chi connectivity index (χ4n) is 10.4. The van der Waals surface area contributed by atoms with Crippen LogP contribution in [0.4, 0.5) is 17.1 Å². The average Bonchev–Trinajstić information content (AvgIpc) is 3.82. The molecule has 0 saturated carbocycles. The van der Waals surface area contributed by atoms with Crippen LogP contribution in [-0.2, 0) is 5.41 Å². The summed E-state index contributed by atoms with van der Waals surface area (Å²) in [6.07, 6.45) is 0. The normalized spacial score (nSPS) is 13.2. The van der Waals surface area contributed by atoms with E-state index < -0.39 is 5.41 Å². The molecule has 3 heteroatoms. The van der Waals surface area contributed by atoms with Crippen molar-refractivity contribution in [3.63, 3.8) is 0 Å². The van der Waals surface area contributed by atoms with Crippen molar-refractivity contribution in [3.05, 3.63) is 247 Å². The molecule has 290 valence electrons. The fourth-order valence-corrected chi connectivity index (χ4v) is 10.4. The third-order valence-electron chi connectivity index (χ3n) is 13.1. The Hall–Kier alpha value is -8.14. The van der Waals surface area contributed by atoms with Gasteiger partial charge in [0.25, 0.3) is 0 Å². The Labute approximate surface area is 360 Å². The van der Waals surface area contributed by atoms with E-state index in [9.17, 15) is 0 Å². The van der Waals surface area contributed by atoms with Crippen molar-refractivity contribution in [2.75, 3.05) is 4.90 Å². The third-order valence-corrected chi connectivity index (χ3v) is 13.1. The maximum absolute atomic E-state index is 7.37. The summed E-state index contributed by atoms with van der Waals surface area (Å²) in [4.78, 5) is 2.30. The number of hydrogen-bond donors (Lipinski definition) is 0. The molecule has 3 nitrogen and oxygen atoms in total. The van der Waals surface area contributed by atoms with E-state index in [2.05, 4.69) is 223 Å². The van der Waals surface area contributed by atoms with Crippen molar-refractivity contribution < 1.29 is 9.47 Å². The lowest BCUT2D eigenvalue weighted by atomic mass is 9.70. The zero-order chi connectivity index (χ0) is 40.8. The lowest BCUT2D eigenvalue weighted by Crippen LogP contribution is -2.25. The van der Waals surface area contributed by atoms with Crippen molar-refractivity contribution in [2.45, 2.75) is 5.41 Å². The Morgan fingerprint density at radius 2 is 0.855 bits per heavy atom. The molecule has 0 fully saturated rings. The number of benzene rings is 10. The Bertz CT molecular complexity index is 3360. The number of para-hydroxylation sites is 1. The van der Waals surface area contributed by atoms with Crippen LogP contribution in [0.1, 0.15) is 22.3 Å². The molecule has 13 rings (SSSR count). The second-order valence-corrected chi connectivity index (χ2v) is 16.4. The quantitative estimate of drug-likeness (QED) is 0.173. The first-order chi connectivity index (χ1) is 30.7. The molecule has 0 amide bonds. The molecule has 3 aliphatic rings. The minimum Gasteiger partial charge on any atom is -0.449 e. The van der Waals surface area contributed by atoms with Gasteiger partial charge in [-0.25, -0.2) is 0 Å². The van der Waals surface area contributed by atoms with Crippen LogP contribution in [0.25, 0.3) is 55.3 Å². The van der Waals surface area contributed by atoms with Crippen LogP contribution in [-0.4, -0.2) is 0 Å². The first-order valence-corrected chi connectivity index (χ1v) is 21.2. The number of nitrogens with zero attached hydrogens (tertiary/aromatic N) is 1. The van der Waals surface area contributed by atoms with E-state index >= 15 is 0 Å². The van der Waals surface area contributed by atoms with E-state index in [1.807, 2.05) is 6.07 Å². The van der Waals surface area contributed by atoms with Gasteiger partial charge in [-0.2, -0.15) is 0 Å². The van der Waals surface area contributed by atoms with Crippen LogP contribution in [0.15, 0.2) is 224 Å². The van der Waals surface area contributed by atoms with E-state index in [0.717, 1.165) is 44.9 Å². The highest BCUT2D eigenvalue weighted by atomic mass is 16.6. The van der Waals surface area contributed by atoms with Crippen molar-refractivity contribution in [1.82, 2.24) is 0 Å². The minimum absolute atomic E-state index is 0.488. The number of rotatable bonds is 5. The van der Waals surface area contributed by atoms with E-state index in [0.29, 0.717) is 17.2 Å². The summed E-state index contributed by atoms with van der Waals surface area (Å²) < 4.78 is 14.3. The monoisotopic (exact) mass is 791 g/mol. The second kappa shape index (κ2) is 13.4. The van der Waals surface area contributed by atoms with Gasteiger partial charge in [-0.1, -0.05) is 182 Å².